The van der Waals surface area contributed by atoms with Gasteiger partial charge in [0.05, 0.1) is 6.26 Å². The van der Waals surface area contributed by atoms with Crippen molar-refractivity contribution in [3.63, 3.8) is 0 Å². The fourth-order valence-corrected chi connectivity index (χ4v) is 4.53. The van der Waals surface area contributed by atoms with Gasteiger partial charge in [0, 0.05) is 40.4 Å². The molecule has 1 unspecified atom stereocenters. The number of fused-ring (bicyclic) bond motifs is 3. The van der Waals surface area contributed by atoms with Crippen molar-refractivity contribution in [1.82, 2.24) is 10.3 Å². The van der Waals surface area contributed by atoms with Crippen LogP contribution in [0.4, 0.5) is 5.69 Å². The predicted octanol–water partition coefficient (Wildman–Crippen LogP) is 2.33. The van der Waals surface area contributed by atoms with Gasteiger partial charge in [-0.25, -0.2) is 8.42 Å². The van der Waals surface area contributed by atoms with Gasteiger partial charge < -0.3 is 16.0 Å². The third kappa shape index (κ3) is 4.66. The van der Waals surface area contributed by atoms with Crippen molar-refractivity contribution in [3.05, 3.63) is 64.8 Å². The second kappa shape index (κ2) is 8.12. The SMILES string of the molecule is CS(=O)(=O)Nc1ccc(CCNC(=O)c2ccc3[nH]c4c(c3c2)CC(N)CC4)cc1. The normalized spacial score (nSPS) is 16.3. The van der Waals surface area contributed by atoms with Crippen LogP contribution >= 0.6 is 0 Å². The lowest BCUT2D eigenvalue weighted by Crippen LogP contribution is -2.27. The molecule has 0 fully saturated rings. The van der Waals surface area contributed by atoms with Crippen molar-refractivity contribution < 1.29 is 13.2 Å². The molecule has 0 saturated heterocycles. The summed E-state index contributed by atoms with van der Waals surface area (Å²) in [6.45, 7) is 0.492. The number of aromatic amines is 1. The topological polar surface area (TPSA) is 117 Å². The molecule has 4 rings (SSSR count). The molecule has 1 aliphatic rings. The summed E-state index contributed by atoms with van der Waals surface area (Å²) in [7, 11) is -3.29. The molecule has 2 aromatic carbocycles. The molecular weight excluding hydrogens is 400 g/mol. The van der Waals surface area contributed by atoms with E-state index < -0.39 is 10.0 Å². The first kappa shape index (κ1) is 20.4. The Labute approximate surface area is 176 Å². The van der Waals surface area contributed by atoms with Crippen LogP contribution in [0.3, 0.4) is 0 Å². The standard InChI is InChI=1S/C22H26N4O3S/c1-30(28,29)26-17-6-2-14(3-7-17)10-11-24-22(27)15-4-8-20-18(12-15)19-13-16(23)5-9-21(19)25-20/h2-4,6-8,12,16,25-26H,5,9-11,13,23H2,1H3,(H,24,27). The zero-order chi connectivity index (χ0) is 21.3. The van der Waals surface area contributed by atoms with E-state index in [1.54, 1.807) is 12.1 Å². The van der Waals surface area contributed by atoms with Crippen LogP contribution in [0.2, 0.25) is 0 Å². The summed E-state index contributed by atoms with van der Waals surface area (Å²) >= 11 is 0. The number of hydrogen-bond donors (Lipinski definition) is 4. The maximum atomic E-state index is 12.6. The number of aromatic nitrogens is 1. The van der Waals surface area contributed by atoms with E-state index in [2.05, 4.69) is 15.0 Å². The van der Waals surface area contributed by atoms with E-state index in [0.29, 0.717) is 24.2 Å². The van der Waals surface area contributed by atoms with E-state index in [0.717, 1.165) is 42.0 Å². The first-order chi connectivity index (χ1) is 14.3. The number of carbonyl (C=O) groups is 1. The second-order valence-corrected chi connectivity index (χ2v) is 9.67. The summed E-state index contributed by atoms with van der Waals surface area (Å²) in [4.78, 5) is 16.1. The highest BCUT2D eigenvalue weighted by Crippen LogP contribution is 2.29. The number of nitrogens with one attached hydrogen (secondary N) is 3. The minimum atomic E-state index is -3.29. The molecule has 8 heteroatoms. The van der Waals surface area contributed by atoms with E-state index in [1.807, 2.05) is 30.3 Å². The van der Waals surface area contributed by atoms with Crippen LogP contribution in [0.25, 0.3) is 10.9 Å². The summed E-state index contributed by atoms with van der Waals surface area (Å²) < 4.78 is 25.0. The number of amides is 1. The monoisotopic (exact) mass is 426 g/mol. The third-order valence-corrected chi connectivity index (χ3v) is 6.05. The van der Waals surface area contributed by atoms with Gasteiger partial charge in [-0.2, -0.15) is 0 Å². The van der Waals surface area contributed by atoms with Crippen molar-refractivity contribution in [1.29, 1.82) is 0 Å². The number of rotatable bonds is 6. The largest absolute Gasteiger partial charge is 0.358 e. The second-order valence-electron chi connectivity index (χ2n) is 7.92. The number of H-pyrrole nitrogens is 1. The minimum absolute atomic E-state index is 0.109. The molecule has 1 heterocycles. The molecule has 3 aromatic rings. The summed E-state index contributed by atoms with van der Waals surface area (Å²) in [5, 5.41) is 4.05. The van der Waals surface area contributed by atoms with E-state index in [4.69, 9.17) is 5.73 Å². The molecule has 0 bridgehead atoms. The zero-order valence-electron chi connectivity index (χ0n) is 16.9. The highest BCUT2D eigenvalue weighted by molar-refractivity contribution is 7.92. The summed E-state index contributed by atoms with van der Waals surface area (Å²) in [6, 6.07) is 13.0. The highest BCUT2D eigenvalue weighted by Gasteiger charge is 2.20. The Bertz CT molecular complexity index is 1180. The Kier molecular flexibility index (Phi) is 5.53. The fourth-order valence-electron chi connectivity index (χ4n) is 3.96. The van der Waals surface area contributed by atoms with Crippen LogP contribution in [-0.4, -0.2) is 38.2 Å². The van der Waals surface area contributed by atoms with Gasteiger partial charge in [-0.3, -0.25) is 9.52 Å². The van der Waals surface area contributed by atoms with E-state index in [1.165, 1.54) is 11.3 Å². The molecule has 0 spiro atoms. The number of sulfonamides is 1. The van der Waals surface area contributed by atoms with Crippen LogP contribution in [0.15, 0.2) is 42.5 Å². The van der Waals surface area contributed by atoms with Gasteiger partial charge in [-0.1, -0.05) is 12.1 Å². The fraction of sp³-hybridized carbons (Fsp3) is 0.318. The maximum absolute atomic E-state index is 12.6. The molecule has 30 heavy (non-hydrogen) atoms. The van der Waals surface area contributed by atoms with Gasteiger partial charge in [0.25, 0.3) is 5.91 Å². The van der Waals surface area contributed by atoms with Gasteiger partial charge in [0.15, 0.2) is 0 Å². The molecule has 0 saturated carbocycles. The molecule has 1 atom stereocenters. The number of hydrogen-bond acceptors (Lipinski definition) is 4. The van der Waals surface area contributed by atoms with Crippen LogP contribution in [-0.2, 0) is 29.3 Å². The van der Waals surface area contributed by atoms with Crippen LogP contribution in [0, 0.1) is 0 Å². The van der Waals surface area contributed by atoms with E-state index in [-0.39, 0.29) is 11.9 Å². The van der Waals surface area contributed by atoms with Crippen molar-refractivity contribution in [2.24, 2.45) is 5.73 Å². The van der Waals surface area contributed by atoms with Gasteiger partial charge >= 0.3 is 0 Å². The molecule has 0 aliphatic heterocycles. The summed E-state index contributed by atoms with van der Waals surface area (Å²) in [5.74, 6) is -0.109. The molecule has 1 aromatic heterocycles. The lowest BCUT2D eigenvalue weighted by atomic mass is 9.92. The Morgan fingerprint density at radius 3 is 2.70 bits per heavy atom. The van der Waals surface area contributed by atoms with Crippen LogP contribution in [0.5, 0.6) is 0 Å². The quantitative estimate of drug-likeness (QED) is 0.484. The molecule has 0 radical (unpaired) electrons. The number of carbonyl (C=O) groups excluding carboxylic acids is 1. The summed E-state index contributed by atoms with van der Waals surface area (Å²) in [5.41, 5.74) is 11.8. The van der Waals surface area contributed by atoms with Crippen molar-refractivity contribution in [2.75, 3.05) is 17.5 Å². The Balaban J connectivity index is 1.38. The average Bonchev–Trinajstić information content (AvgIpc) is 3.05. The Hall–Kier alpha value is -2.84. The van der Waals surface area contributed by atoms with Crippen molar-refractivity contribution >= 4 is 32.5 Å². The molecular formula is C22H26N4O3S. The van der Waals surface area contributed by atoms with Crippen molar-refractivity contribution in [3.8, 4) is 0 Å². The van der Waals surface area contributed by atoms with Gasteiger partial charge in [-0.15, -0.1) is 0 Å². The van der Waals surface area contributed by atoms with Gasteiger partial charge in [-0.05, 0) is 67.1 Å². The predicted molar refractivity (Wildman–Crippen MR) is 119 cm³/mol. The minimum Gasteiger partial charge on any atom is -0.358 e. The number of benzene rings is 2. The first-order valence-corrected chi connectivity index (χ1v) is 11.9. The van der Waals surface area contributed by atoms with Gasteiger partial charge in [0.1, 0.15) is 0 Å². The Morgan fingerprint density at radius 1 is 1.20 bits per heavy atom. The first-order valence-electron chi connectivity index (χ1n) is 10.0. The maximum Gasteiger partial charge on any atom is 0.251 e. The Morgan fingerprint density at radius 2 is 1.97 bits per heavy atom. The molecule has 158 valence electrons. The van der Waals surface area contributed by atoms with E-state index in [9.17, 15) is 13.2 Å². The number of anilines is 1. The van der Waals surface area contributed by atoms with Crippen molar-refractivity contribution in [2.45, 2.75) is 31.7 Å². The lowest BCUT2D eigenvalue weighted by molar-refractivity contribution is 0.0954. The van der Waals surface area contributed by atoms with Crippen LogP contribution < -0.4 is 15.8 Å². The molecule has 1 aliphatic carbocycles. The van der Waals surface area contributed by atoms with E-state index >= 15 is 0 Å². The van der Waals surface area contributed by atoms with Gasteiger partial charge in [0.2, 0.25) is 10.0 Å². The smallest absolute Gasteiger partial charge is 0.251 e. The number of aryl methyl sites for hydroxylation is 1. The third-order valence-electron chi connectivity index (χ3n) is 5.44. The average molecular weight is 427 g/mol. The number of nitrogens with two attached hydrogens (primary N) is 1. The van der Waals surface area contributed by atoms with Crippen LogP contribution in [0.1, 0.15) is 33.6 Å². The summed E-state index contributed by atoms with van der Waals surface area (Å²) in [6.07, 6.45) is 4.54. The highest BCUT2D eigenvalue weighted by atomic mass is 32.2. The molecule has 7 nitrogen and oxygen atoms in total. The zero-order valence-corrected chi connectivity index (χ0v) is 17.7. The molecule has 5 N–H and O–H groups in total. The lowest BCUT2D eigenvalue weighted by Gasteiger charge is -2.18. The molecule has 1 amide bonds.